The van der Waals surface area contributed by atoms with E-state index in [9.17, 15) is 4.39 Å². The van der Waals surface area contributed by atoms with Crippen LogP contribution in [0.4, 0.5) is 10.1 Å². The fourth-order valence-corrected chi connectivity index (χ4v) is 1.98. The third-order valence-electron chi connectivity index (χ3n) is 3.09. The molecule has 0 atom stereocenters. The Hall–Kier alpha value is -2.34. The van der Waals surface area contributed by atoms with Crippen molar-refractivity contribution in [1.29, 1.82) is 5.26 Å². The predicted molar refractivity (Wildman–Crippen MR) is 74.4 cm³/mol. The van der Waals surface area contributed by atoms with Crippen LogP contribution < -0.4 is 5.32 Å². The van der Waals surface area contributed by atoms with Crippen LogP contribution in [0.25, 0.3) is 0 Å². The first-order valence-electron chi connectivity index (χ1n) is 6.10. The number of halogens is 1. The molecule has 0 aliphatic rings. The van der Waals surface area contributed by atoms with Gasteiger partial charge in [-0.1, -0.05) is 24.3 Å². The molecule has 3 heteroatoms. The number of nitriles is 1. The Bertz CT molecular complexity index is 642. The largest absolute Gasteiger partial charge is 0.380 e. The first-order chi connectivity index (χ1) is 9.11. The summed E-state index contributed by atoms with van der Waals surface area (Å²) in [5.74, 6) is -0.197. The lowest BCUT2D eigenvalue weighted by molar-refractivity contribution is 0.617. The van der Waals surface area contributed by atoms with Crippen LogP contribution in [0, 0.1) is 31.0 Å². The molecule has 1 N–H and O–H groups in total. The van der Waals surface area contributed by atoms with Gasteiger partial charge < -0.3 is 5.32 Å². The summed E-state index contributed by atoms with van der Waals surface area (Å²) in [4.78, 5) is 0. The van der Waals surface area contributed by atoms with Gasteiger partial charge in [-0.15, -0.1) is 0 Å². The van der Waals surface area contributed by atoms with Crippen molar-refractivity contribution in [3.8, 4) is 6.07 Å². The van der Waals surface area contributed by atoms with E-state index in [0.717, 1.165) is 16.8 Å². The van der Waals surface area contributed by atoms with Crippen molar-refractivity contribution >= 4 is 5.69 Å². The minimum atomic E-state index is -0.197. The third kappa shape index (κ3) is 2.92. The maximum absolute atomic E-state index is 13.2. The van der Waals surface area contributed by atoms with Crippen LogP contribution in [-0.4, -0.2) is 0 Å². The molecule has 0 unspecified atom stereocenters. The second-order valence-corrected chi connectivity index (χ2v) is 4.55. The SMILES string of the molecule is Cc1cc(CNc2cccc(C)c2C#N)ccc1F. The van der Waals surface area contributed by atoms with Crippen molar-refractivity contribution in [2.75, 3.05) is 5.32 Å². The van der Waals surface area contributed by atoms with Gasteiger partial charge in [0.25, 0.3) is 0 Å². The predicted octanol–water partition coefficient (Wildman–Crippen LogP) is 3.93. The fourth-order valence-electron chi connectivity index (χ4n) is 1.98. The average Bonchev–Trinajstić information content (AvgIpc) is 2.40. The van der Waals surface area contributed by atoms with Gasteiger partial charge in [0.2, 0.25) is 0 Å². The zero-order chi connectivity index (χ0) is 13.8. The van der Waals surface area contributed by atoms with E-state index < -0.39 is 0 Å². The Kier molecular flexibility index (Phi) is 3.82. The topological polar surface area (TPSA) is 35.8 Å². The molecule has 0 spiro atoms. The highest BCUT2D eigenvalue weighted by atomic mass is 19.1. The molecular weight excluding hydrogens is 239 g/mol. The molecule has 0 saturated carbocycles. The molecule has 2 nitrogen and oxygen atoms in total. The Balaban J connectivity index is 2.17. The molecular formula is C16H15FN2. The van der Waals surface area contributed by atoms with E-state index in [1.807, 2.05) is 31.2 Å². The number of nitrogens with zero attached hydrogens (tertiary/aromatic N) is 1. The Morgan fingerprint density at radius 3 is 2.63 bits per heavy atom. The molecule has 0 heterocycles. The molecule has 2 aromatic rings. The second kappa shape index (κ2) is 5.53. The van der Waals surface area contributed by atoms with Gasteiger partial charge in [-0.2, -0.15) is 5.26 Å². The van der Waals surface area contributed by atoms with Crippen LogP contribution >= 0.6 is 0 Å². The second-order valence-electron chi connectivity index (χ2n) is 4.55. The minimum absolute atomic E-state index is 0.197. The zero-order valence-electron chi connectivity index (χ0n) is 11.0. The molecule has 0 amide bonds. The number of benzene rings is 2. The number of anilines is 1. The van der Waals surface area contributed by atoms with Crippen LogP contribution in [0.1, 0.15) is 22.3 Å². The quantitative estimate of drug-likeness (QED) is 0.900. The first kappa shape index (κ1) is 13.1. The van der Waals surface area contributed by atoms with Crippen LogP contribution in [0.2, 0.25) is 0 Å². The van der Waals surface area contributed by atoms with E-state index in [2.05, 4.69) is 11.4 Å². The summed E-state index contributed by atoms with van der Waals surface area (Å²) in [5, 5.41) is 12.4. The number of hydrogen-bond acceptors (Lipinski definition) is 2. The molecule has 0 aliphatic heterocycles. The minimum Gasteiger partial charge on any atom is -0.380 e. The first-order valence-corrected chi connectivity index (χ1v) is 6.10. The maximum atomic E-state index is 13.2. The van der Waals surface area contributed by atoms with Gasteiger partial charge in [-0.3, -0.25) is 0 Å². The number of nitrogens with one attached hydrogen (secondary N) is 1. The number of hydrogen-bond donors (Lipinski definition) is 1. The standard InChI is InChI=1S/C16H15FN2/c1-11-4-3-5-16(14(11)9-18)19-10-13-6-7-15(17)12(2)8-13/h3-8,19H,10H2,1-2H3. The normalized spacial score (nSPS) is 10.0. The molecule has 0 aromatic heterocycles. The van der Waals surface area contributed by atoms with Gasteiger partial charge in [0.1, 0.15) is 11.9 Å². The van der Waals surface area contributed by atoms with Crippen LogP contribution in [0.5, 0.6) is 0 Å². The Labute approximate surface area is 112 Å². The smallest absolute Gasteiger partial charge is 0.126 e. The summed E-state index contributed by atoms with van der Waals surface area (Å²) in [5.41, 5.74) is 4.03. The van der Waals surface area contributed by atoms with Gasteiger partial charge in [0.05, 0.1) is 11.3 Å². The van der Waals surface area contributed by atoms with Crippen LogP contribution in [-0.2, 0) is 6.54 Å². The third-order valence-corrected chi connectivity index (χ3v) is 3.09. The van der Waals surface area contributed by atoms with Crippen molar-refractivity contribution in [2.45, 2.75) is 20.4 Å². The van der Waals surface area contributed by atoms with Crippen molar-refractivity contribution in [3.05, 3.63) is 64.5 Å². The lowest BCUT2D eigenvalue weighted by Gasteiger charge is -2.10. The summed E-state index contributed by atoms with van der Waals surface area (Å²) in [6.07, 6.45) is 0. The molecule has 0 saturated heterocycles. The maximum Gasteiger partial charge on any atom is 0.126 e. The molecule has 2 rings (SSSR count). The molecule has 0 radical (unpaired) electrons. The molecule has 2 aromatic carbocycles. The van der Waals surface area contributed by atoms with Crippen LogP contribution in [0.15, 0.2) is 36.4 Å². The van der Waals surface area contributed by atoms with Gasteiger partial charge >= 0.3 is 0 Å². The van der Waals surface area contributed by atoms with Gasteiger partial charge in [0, 0.05) is 6.54 Å². The van der Waals surface area contributed by atoms with E-state index in [1.54, 1.807) is 13.0 Å². The van der Waals surface area contributed by atoms with Gasteiger partial charge in [-0.25, -0.2) is 4.39 Å². The molecule has 19 heavy (non-hydrogen) atoms. The number of aryl methyl sites for hydroxylation is 2. The highest BCUT2D eigenvalue weighted by Gasteiger charge is 2.05. The summed E-state index contributed by atoms with van der Waals surface area (Å²) >= 11 is 0. The van der Waals surface area contributed by atoms with E-state index in [4.69, 9.17) is 5.26 Å². The lowest BCUT2D eigenvalue weighted by Crippen LogP contribution is -2.02. The van der Waals surface area contributed by atoms with E-state index >= 15 is 0 Å². The number of rotatable bonds is 3. The van der Waals surface area contributed by atoms with Gasteiger partial charge in [0.15, 0.2) is 0 Å². The zero-order valence-corrected chi connectivity index (χ0v) is 11.0. The molecule has 0 aliphatic carbocycles. The average molecular weight is 254 g/mol. The van der Waals surface area contributed by atoms with Crippen molar-refractivity contribution in [2.24, 2.45) is 0 Å². The van der Waals surface area contributed by atoms with Crippen LogP contribution in [0.3, 0.4) is 0 Å². The summed E-state index contributed by atoms with van der Waals surface area (Å²) in [7, 11) is 0. The van der Waals surface area contributed by atoms with Gasteiger partial charge in [-0.05, 0) is 42.7 Å². The van der Waals surface area contributed by atoms with Crippen molar-refractivity contribution in [3.63, 3.8) is 0 Å². The van der Waals surface area contributed by atoms with E-state index in [-0.39, 0.29) is 5.82 Å². The molecule has 0 bridgehead atoms. The highest BCUT2D eigenvalue weighted by Crippen LogP contribution is 2.19. The highest BCUT2D eigenvalue weighted by molar-refractivity contribution is 5.60. The summed E-state index contributed by atoms with van der Waals surface area (Å²) in [6, 6.07) is 12.9. The molecule has 0 fully saturated rings. The van der Waals surface area contributed by atoms with E-state index in [0.29, 0.717) is 17.7 Å². The summed E-state index contributed by atoms with van der Waals surface area (Å²) in [6.45, 7) is 4.22. The fraction of sp³-hybridized carbons (Fsp3) is 0.188. The summed E-state index contributed by atoms with van der Waals surface area (Å²) < 4.78 is 13.2. The van der Waals surface area contributed by atoms with Crippen molar-refractivity contribution in [1.82, 2.24) is 0 Å². The lowest BCUT2D eigenvalue weighted by atomic mass is 10.1. The van der Waals surface area contributed by atoms with E-state index in [1.165, 1.54) is 6.07 Å². The molecule has 96 valence electrons. The van der Waals surface area contributed by atoms with Crippen molar-refractivity contribution < 1.29 is 4.39 Å². The Morgan fingerprint density at radius 2 is 1.95 bits per heavy atom. The monoisotopic (exact) mass is 254 g/mol. The Morgan fingerprint density at radius 1 is 1.16 bits per heavy atom.